The van der Waals surface area contributed by atoms with Crippen molar-refractivity contribution in [3.05, 3.63) is 11.1 Å². The summed E-state index contributed by atoms with van der Waals surface area (Å²) in [6, 6.07) is 0.182. The molecule has 2 amide bonds. The Morgan fingerprint density at radius 3 is 2.79 bits per heavy atom. The van der Waals surface area contributed by atoms with E-state index in [1.54, 1.807) is 6.20 Å². The molecule has 1 heterocycles. The number of aryl methyl sites for hydroxylation is 1. The van der Waals surface area contributed by atoms with Crippen molar-refractivity contribution in [2.24, 2.45) is 11.8 Å². The molecule has 106 valence electrons. The molecule has 5 heteroatoms. The van der Waals surface area contributed by atoms with Crippen LogP contribution in [0.1, 0.15) is 44.4 Å². The fraction of sp³-hybridized carbons (Fsp3) is 0.714. The Kier molecular flexibility index (Phi) is 4.80. The van der Waals surface area contributed by atoms with Gasteiger partial charge in [-0.25, -0.2) is 9.78 Å². The van der Waals surface area contributed by atoms with Gasteiger partial charge in [0.15, 0.2) is 5.13 Å². The molecule has 0 aromatic carbocycles. The van der Waals surface area contributed by atoms with Crippen molar-refractivity contribution in [2.45, 2.75) is 52.5 Å². The first-order valence-corrected chi connectivity index (χ1v) is 7.88. The Morgan fingerprint density at radius 2 is 2.16 bits per heavy atom. The highest BCUT2D eigenvalue weighted by Gasteiger charge is 2.28. The molecule has 2 unspecified atom stereocenters. The number of nitrogens with zero attached hydrogens (tertiary/aromatic N) is 1. The molecule has 4 nitrogen and oxygen atoms in total. The maximum Gasteiger partial charge on any atom is 0.321 e. The zero-order valence-electron chi connectivity index (χ0n) is 11.9. The number of rotatable bonds is 3. The summed E-state index contributed by atoms with van der Waals surface area (Å²) in [5, 5.41) is 6.62. The van der Waals surface area contributed by atoms with E-state index in [-0.39, 0.29) is 6.03 Å². The summed E-state index contributed by atoms with van der Waals surface area (Å²) in [5.74, 6) is 1.21. The summed E-state index contributed by atoms with van der Waals surface area (Å²) in [4.78, 5) is 17.3. The van der Waals surface area contributed by atoms with Crippen LogP contribution in [-0.4, -0.2) is 17.1 Å². The van der Waals surface area contributed by atoms with Gasteiger partial charge in [0.25, 0.3) is 0 Å². The van der Waals surface area contributed by atoms with Crippen LogP contribution in [0.4, 0.5) is 9.93 Å². The highest BCUT2D eigenvalue weighted by atomic mass is 32.1. The Bertz CT molecular complexity index is 430. The second-order valence-corrected chi connectivity index (χ2v) is 6.91. The highest BCUT2D eigenvalue weighted by Crippen LogP contribution is 2.30. The molecule has 0 radical (unpaired) electrons. The molecule has 0 saturated heterocycles. The Labute approximate surface area is 119 Å². The summed E-state index contributed by atoms with van der Waals surface area (Å²) in [7, 11) is 0. The molecule has 1 aromatic rings. The maximum absolute atomic E-state index is 12.0. The molecule has 2 N–H and O–H groups in total. The zero-order valence-corrected chi connectivity index (χ0v) is 12.7. The van der Waals surface area contributed by atoms with Gasteiger partial charge in [0.05, 0.1) is 0 Å². The van der Waals surface area contributed by atoms with Gasteiger partial charge < -0.3 is 5.32 Å². The van der Waals surface area contributed by atoms with Gasteiger partial charge in [-0.1, -0.05) is 26.7 Å². The summed E-state index contributed by atoms with van der Waals surface area (Å²) in [5.41, 5.74) is 0. The molecule has 1 fully saturated rings. The van der Waals surface area contributed by atoms with Gasteiger partial charge in [0.1, 0.15) is 0 Å². The van der Waals surface area contributed by atoms with Crippen molar-refractivity contribution in [3.8, 4) is 0 Å². The van der Waals surface area contributed by atoms with E-state index >= 15 is 0 Å². The average molecular weight is 281 g/mol. The third kappa shape index (κ3) is 3.93. The molecular weight excluding hydrogens is 258 g/mol. The van der Waals surface area contributed by atoms with Crippen molar-refractivity contribution in [1.29, 1.82) is 0 Å². The van der Waals surface area contributed by atoms with E-state index in [9.17, 15) is 4.79 Å². The zero-order chi connectivity index (χ0) is 13.8. The van der Waals surface area contributed by atoms with Gasteiger partial charge in [-0.3, -0.25) is 5.32 Å². The van der Waals surface area contributed by atoms with Crippen LogP contribution in [0.15, 0.2) is 6.20 Å². The Hall–Kier alpha value is -1.10. The monoisotopic (exact) mass is 281 g/mol. The number of carbonyl (C=O) groups excluding carboxylic acids is 1. The predicted molar refractivity (Wildman–Crippen MR) is 79.6 cm³/mol. The third-order valence-corrected chi connectivity index (χ3v) is 4.66. The molecule has 2 atom stereocenters. The number of thiazole rings is 1. The van der Waals surface area contributed by atoms with Crippen molar-refractivity contribution in [1.82, 2.24) is 10.3 Å². The molecular formula is C14H23N3OS. The van der Waals surface area contributed by atoms with Crippen LogP contribution in [0.25, 0.3) is 0 Å². The lowest BCUT2D eigenvalue weighted by Gasteiger charge is -2.34. The Morgan fingerprint density at radius 1 is 1.42 bits per heavy atom. The Balaban J connectivity index is 1.89. The first-order valence-electron chi connectivity index (χ1n) is 7.06. The van der Waals surface area contributed by atoms with Crippen molar-refractivity contribution in [3.63, 3.8) is 0 Å². The summed E-state index contributed by atoms with van der Waals surface area (Å²) < 4.78 is 0. The number of aromatic nitrogens is 1. The topological polar surface area (TPSA) is 54.0 Å². The molecule has 0 aliphatic heterocycles. The number of hydrogen-bond donors (Lipinski definition) is 2. The van der Waals surface area contributed by atoms with E-state index in [4.69, 9.17) is 0 Å². The van der Waals surface area contributed by atoms with E-state index in [2.05, 4.69) is 29.5 Å². The van der Waals surface area contributed by atoms with E-state index < -0.39 is 0 Å². The number of anilines is 1. The van der Waals surface area contributed by atoms with Gasteiger partial charge in [-0.05, 0) is 31.6 Å². The first kappa shape index (κ1) is 14.3. The van der Waals surface area contributed by atoms with Gasteiger partial charge >= 0.3 is 6.03 Å². The van der Waals surface area contributed by atoms with E-state index in [1.807, 2.05) is 6.92 Å². The second kappa shape index (κ2) is 6.37. The minimum Gasteiger partial charge on any atom is -0.335 e. The quantitative estimate of drug-likeness (QED) is 0.885. The summed E-state index contributed by atoms with van der Waals surface area (Å²) in [6.45, 7) is 6.47. The molecule has 0 bridgehead atoms. The van der Waals surface area contributed by atoms with Crippen LogP contribution in [0, 0.1) is 18.8 Å². The molecule has 2 rings (SSSR count). The van der Waals surface area contributed by atoms with Crippen LogP contribution in [-0.2, 0) is 0 Å². The molecule has 1 aliphatic carbocycles. The lowest BCUT2D eigenvalue weighted by atomic mass is 9.78. The standard InChI is InChI=1S/C14H23N3OS/c1-9(2)11-6-4-5-7-12(11)16-13(18)17-14-15-8-10(3)19-14/h8-9,11-12H,4-7H2,1-3H3,(H2,15,16,17,18). The highest BCUT2D eigenvalue weighted by molar-refractivity contribution is 7.15. The molecule has 0 spiro atoms. The molecule has 1 saturated carbocycles. The SMILES string of the molecule is Cc1cnc(NC(=O)NC2CCCCC2C(C)C)s1. The average Bonchev–Trinajstić information content (AvgIpc) is 2.75. The van der Waals surface area contributed by atoms with Gasteiger partial charge in [0.2, 0.25) is 0 Å². The lowest BCUT2D eigenvalue weighted by molar-refractivity contribution is 0.200. The molecule has 19 heavy (non-hydrogen) atoms. The van der Waals surface area contributed by atoms with Crippen molar-refractivity contribution in [2.75, 3.05) is 5.32 Å². The predicted octanol–water partition coefficient (Wildman–Crippen LogP) is 3.79. The maximum atomic E-state index is 12.0. The van der Waals surface area contributed by atoms with Crippen molar-refractivity contribution >= 4 is 22.5 Å². The number of carbonyl (C=O) groups is 1. The summed E-state index contributed by atoms with van der Waals surface area (Å²) >= 11 is 1.50. The van der Waals surface area contributed by atoms with E-state index in [0.29, 0.717) is 23.0 Å². The van der Waals surface area contributed by atoms with Crippen LogP contribution in [0.3, 0.4) is 0 Å². The van der Waals surface area contributed by atoms with E-state index in [1.165, 1.54) is 30.6 Å². The van der Waals surface area contributed by atoms with Crippen molar-refractivity contribution < 1.29 is 4.79 Å². The molecule has 1 aliphatic rings. The van der Waals surface area contributed by atoms with E-state index in [0.717, 1.165) is 11.3 Å². The number of nitrogens with one attached hydrogen (secondary N) is 2. The number of hydrogen-bond acceptors (Lipinski definition) is 3. The van der Waals surface area contributed by atoms with Crippen LogP contribution in [0.2, 0.25) is 0 Å². The minimum absolute atomic E-state index is 0.119. The fourth-order valence-corrected chi connectivity index (χ4v) is 3.51. The van der Waals surface area contributed by atoms with Gasteiger partial charge in [-0.2, -0.15) is 0 Å². The number of amides is 2. The minimum atomic E-state index is -0.119. The normalized spacial score (nSPS) is 23.4. The fourth-order valence-electron chi connectivity index (χ4n) is 2.85. The van der Waals surface area contributed by atoms with Crippen LogP contribution < -0.4 is 10.6 Å². The van der Waals surface area contributed by atoms with Gasteiger partial charge in [0, 0.05) is 17.1 Å². The molecule has 1 aromatic heterocycles. The summed E-state index contributed by atoms with van der Waals surface area (Å²) in [6.07, 6.45) is 6.59. The third-order valence-electron chi connectivity index (χ3n) is 3.83. The lowest BCUT2D eigenvalue weighted by Crippen LogP contribution is -2.45. The van der Waals surface area contributed by atoms with Gasteiger partial charge in [-0.15, -0.1) is 11.3 Å². The van der Waals surface area contributed by atoms with Crippen LogP contribution >= 0.6 is 11.3 Å². The first-order chi connectivity index (χ1) is 9.06. The smallest absolute Gasteiger partial charge is 0.321 e. The number of urea groups is 1. The second-order valence-electron chi connectivity index (χ2n) is 5.67. The van der Waals surface area contributed by atoms with Crippen LogP contribution in [0.5, 0.6) is 0 Å². The largest absolute Gasteiger partial charge is 0.335 e.